The number of nitrogens with zero attached hydrogens (tertiary/aromatic N) is 2. The molecule has 0 saturated carbocycles. The monoisotopic (exact) mass is 389 g/mol. The number of H-pyrrole nitrogens is 1. The number of carbonyl (C=O) groups excluding carboxylic acids is 2. The smallest absolute Gasteiger partial charge is 0.227 e. The fourth-order valence-corrected chi connectivity index (χ4v) is 4.00. The first-order valence-electron chi connectivity index (χ1n) is 10.3. The van der Waals surface area contributed by atoms with Gasteiger partial charge in [0.15, 0.2) is 0 Å². The number of amides is 2. The number of fused-ring (bicyclic) bond motifs is 1. The van der Waals surface area contributed by atoms with Crippen LogP contribution in [0, 0.1) is 0 Å². The normalized spacial score (nSPS) is 14.3. The van der Waals surface area contributed by atoms with Crippen LogP contribution in [-0.4, -0.2) is 52.8 Å². The molecule has 2 heterocycles. The summed E-state index contributed by atoms with van der Waals surface area (Å²) in [5.74, 6) is 0.329. The van der Waals surface area contributed by atoms with E-state index in [1.54, 1.807) is 0 Å². The molecule has 0 radical (unpaired) electrons. The van der Waals surface area contributed by atoms with Crippen molar-refractivity contribution in [1.29, 1.82) is 0 Å². The predicted octanol–water partition coefficient (Wildman–Crippen LogP) is 3.40. The van der Waals surface area contributed by atoms with Crippen molar-refractivity contribution >= 4 is 22.7 Å². The van der Waals surface area contributed by atoms with Crippen molar-refractivity contribution in [2.75, 3.05) is 26.2 Å². The highest BCUT2D eigenvalue weighted by Gasteiger charge is 2.24. The van der Waals surface area contributed by atoms with Crippen LogP contribution in [0.3, 0.4) is 0 Å². The minimum Gasteiger partial charge on any atom is -0.361 e. The lowest BCUT2D eigenvalue weighted by Crippen LogP contribution is -2.51. The van der Waals surface area contributed by atoms with E-state index in [9.17, 15) is 9.59 Å². The zero-order chi connectivity index (χ0) is 20.1. The van der Waals surface area contributed by atoms with E-state index in [0.717, 1.165) is 29.3 Å². The van der Waals surface area contributed by atoms with Gasteiger partial charge in [0.05, 0.1) is 6.42 Å². The molecule has 0 unspecified atom stereocenters. The third-order valence-electron chi connectivity index (χ3n) is 5.70. The van der Waals surface area contributed by atoms with Gasteiger partial charge in [0.1, 0.15) is 0 Å². The first kappa shape index (κ1) is 19.2. The molecular formula is C24H27N3O2. The third kappa shape index (κ3) is 4.67. The summed E-state index contributed by atoms with van der Waals surface area (Å²) in [4.78, 5) is 32.2. The molecule has 150 valence electrons. The molecule has 1 saturated heterocycles. The van der Waals surface area contributed by atoms with Crippen LogP contribution < -0.4 is 0 Å². The van der Waals surface area contributed by atoms with Gasteiger partial charge in [0.2, 0.25) is 11.8 Å². The van der Waals surface area contributed by atoms with Crippen molar-refractivity contribution < 1.29 is 9.59 Å². The number of aryl methyl sites for hydroxylation is 1. The van der Waals surface area contributed by atoms with Gasteiger partial charge in [-0.15, -0.1) is 0 Å². The number of benzene rings is 2. The van der Waals surface area contributed by atoms with Gasteiger partial charge in [-0.05, 0) is 30.0 Å². The molecule has 3 aromatic rings. The maximum absolute atomic E-state index is 12.7. The van der Waals surface area contributed by atoms with Crippen molar-refractivity contribution in [3.8, 4) is 0 Å². The maximum Gasteiger partial charge on any atom is 0.227 e. The molecule has 0 atom stereocenters. The molecule has 2 aromatic carbocycles. The molecule has 5 heteroatoms. The number of aromatic nitrogens is 1. The van der Waals surface area contributed by atoms with Gasteiger partial charge < -0.3 is 14.8 Å². The summed E-state index contributed by atoms with van der Waals surface area (Å²) >= 11 is 0. The average Bonchev–Trinajstić information content (AvgIpc) is 3.17. The van der Waals surface area contributed by atoms with E-state index in [1.807, 2.05) is 58.5 Å². The Bertz CT molecular complexity index is 972. The van der Waals surface area contributed by atoms with Crippen LogP contribution in [0.15, 0.2) is 60.8 Å². The number of aromatic amines is 1. The number of rotatable bonds is 6. The molecule has 1 aliphatic heterocycles. The number of hydrogen-bond donors (Lipinski definition) is 1. The van der Waals surface area contributed by atoms with Crippen molar-refractivity contribution in [2.24, 2.45) is 0 Å². The second-order valence-electron chi connectivity index (χ2n) is 7.64. The minimum absolute atomic E-state index is 0.130. The van der Waals surface area contributed by atoms with Crippen LogP contribution in [-0.2, 0) is 22.4 Å². The molecule has 4 rings (SSSR count). The van der Waals surface area contributed by atoms with Crippen molar-refractivity contribution in [3.63, 3.8) is 0 Å². The summed E-state index contributed by atoms with van der Waals surface area (Å²) in [7, 11) is 0. The molecule has 1 aliphatic rings. The Morgan fingerprint density at radius 3 is 2.24 bits per heavy atom. The lowest BCUT2D eigenvalue weighted by atomic mass is 10.1. The summed E-state index contributed by atoms with van der Waals surface area (Å²) in [5, 5.41) is 1.10. The maximum atomic E-state index is 12.7. The Labute approximate surface area is 171 Å². The number of piperazine rings is 1. The van der Waals surface area contributed by atoms with Crippen LogP contribution in [0.2, 0.25) is 0 Å². The predicted molar refractivity (Wildman–Crippen MR) is 115 cm³/mol. The molecule has 0 aliphatic carbocycles. The summed E-state index contributed by atoms with van der Waals surface area (Å²) in [6.07, 6.45) is 4.68. The van der Waals surface area contributed by atoms with Gasteiger partial charge in [0.25, 0.3) is 0 Å². The Hall–Kier alpha value is -3.08. The Morgan fingerprint density at radius 2 is 1.48 bits per heavy atom. The molecule has 1 N–H and O–H groups in total. The van der Waals surface area contributed by atoms with Crippen molar-refractivity contribution in [1.82, 2.24) is 14.8 Å². The standard InChI is InChI=1S/C24H27N3O2/c28-23(12-6-9-19-7-2-1-3-8-19)26-13-15-27(16-14-26)24(29)17-20-18-25-22-11-5-4-10-21(20)22/h1-5,7-8,10-11,18,25H,6,9,12-17H2. The van der Waals surface area contributed by atoms with E-state index >= 15 is 0 Å². The van der Waals surface area contributed by atoms with Crippen LogP contribution in [0.5, 0.6) is 0 Å². The molecule has 5 nitrogen and oxygen atoms in total. The second-order valence-corrected chi connectivity index (χ2v) is 7.64. The SMILES string of the molecule is O=C(CCCc1ccccc1)N1CCN(C(=O)Cc2c[nH]c3ccccc23)CC1. The van der Waals surface area contributed by atoms with E-state index in [2.05, 4.69) is 17.1 Å². The first-order chi connectivity index (χ1) is 14.2. The summed E-state index contributed by atoms with van der Waals surface area (Å²) in [6.45, 7) is 2.49. The Morgan fingerprint density at radius 1 is 0.828 bits per heavy atom. The molecule has 29 heavy (non-hydrogen) atoms. The van der Waals surface area contributed by atoms with E-state index in [4.69, 9.17) is 0 Å². The van der Waals surface area contributed by atoms with Gasteiger partial charge in [-0.25, -0.2) is 0 Å². The number of para-hydroxylation sites is 1. The average molecular weight is 389 g/mol. The summed E-state index contributed by atoms with van der Waals surface area (Å²) in [5.41, 5.74) is 3.36. The largest absolute Gasteiger partial charge is 0.361 e. The number of carbonyl (C=O) groups is 2. The van der Waals surface area contributed by atoms with Gasteiger partial charge in [-0.3, -0.25) is 9.59 Å². The fourth-order valence-electron chi connectivity index (χ4n) is 4.00. The van der Waals surface area contributed by atoms with Crippen LogP contribution in [0.4, 0.5) is 0 Å². The van der Waals surface area contributed by atoms with Crippen molar-refractivity contribution in [3.05, 3.63) is 71.9 Å². The van der Waals surface area contributed by atoms with Crippen LogP contribution >= 0.6 is 0 Å². The minimum atomic E-state index is 0.130. The van der Waals surface area contributed by atoms with E-state index < -0.39 is 0 Å². The molecule has 1 aromatic heterocycles. The number of nitrogens with one attached hydrogen (secondary N) is 1. The highest BCUT2D eigenvalue weighted by atomic mass is 16.2. The van der Waals surface area contributed by atoms with E-state index in [-0.39, 0.29) is 11.8 Å². The van der Waals surface area contributed by atoms with Gasteiger partial charge in [-0.1, -0.05) is 48.5 Å². The molecule has 1 fully saturated rings. The fraction of sp³-hybridized carbons (Fsp3) is 0.333. The quantitative estimate of drug-likeness (QED) is 0.702. The van der Waals surface area contributed by atoms with E-state index in [1.165, 1.54) is 5.56 Å². The van der Waals surface area contributed by atoms with Gasteiger partial charge in [0, 0.05) is 49.7 Å². The topological polar surface area (TPSA) is 56.4 Å². The molecular weight excluding hydrogens is 362 g/mol. The first-order valence-corrected chi connectivity index (χ1v) is 10.3. The van der Waals surface area contributed by atoms with Crippen LogP contribution in [0.25, 0.3) is 10.9 Å². The van der Waals surface area contributed by atoms with Gasteiger partial charge in [-0.2, -0.15) is 0 Å². The van der Waals surface area contributed by atoms with E-state index in [0.29, 0.717) is 39.0 Å². The van der Waals surface area contributed by atoms with Crippen LogP contribution in [0.1, 0.15) is 24.0 Å². The zero-order valence-corrected chi connectivity index (χ0v) is 16.6. The Balaban J connectivity index is 1.23. The highest BCUT2D eigenvalue weighted by Crippen LogP contribution is 2.19. The highest BCUT2D eigenvalue weighted by molar-refractivity contribution is 5.89. The Kier molecular flexibility index (Phi) is 5.94. The third-order valence-corrected chi connectivity index (χ3v) is 5.70. The number of hydrogen-bond acceptors (Lipinski definition) is 2. The van der Waals surface area contributed by atoms with Crippen molar-refractivity contribution in [2.45, 2.75) is 25.7 Å². The van der Waals surface area contributed by atoms with Gasteiger partial charge >= 0.3 is 0 Å². The molecule has 0 bridgehead atoms. The molecule has 0 spiro atoms. The summed E-state index contributed by atoms with van der Waals surface area (Å²) in [6, 6.07) is 18.3. The lowest BCUT2D eigenvalue weighted by Gasteiger charge is -2.35. The zero-order valence-electron chi connectivity index (χ0n) is 16.6. The molecule has 2 amide bonds. The summed E-state index contributed by atoms with van der Waals surface area (Å²) < 4.78 is 0. The lowest BCUT2D eigenvalue weighted by molar-refractivity contribution is -0.139. The second kappa shape index (κ2) is 8.95.